The Balaban J connectivity index is 0.00000121. The van der Waals surface area contributed by atoms with E-state index in [4.69, 9.17) is 5.73 Å². The Labute approximate surface area is 166 Å². The van der Waals surface area contributed by atoms with Crippen molar-refractivity contribution in [1.29, 1.82) is 0 Å². The summed E-state index contributed by atoms with van der Waals surface area (Å²) in [7, 11) is 0. The molecule has 3 heterocycles. The van der Waals surface area contributed by atoms with Crippen LogP contribution >= 0.6 is 24.8 Å². The monoisotopic (exact) mass is 399 g/mol. The molecule has 3 atom stereocenters. The van der Waals surface area contributed by atoms with Gasteiger partial charge in [-0.05, 0) is 50.3 Å². The molecule has 0 bridgehead atoms. The van der Waals surface area contributed by atoms with E-state index in [1.165, 1.54) is 0 Å². The van der Waals surface area contributed by atoms with E-state index in [1.807, 2.05) is 24.4 Å². The van der Waals surface area contributed by atoms with Gasteiger partial charge < -0.3 is 10.6 Å². The van der Waals surface area contributed by atoms with E-state index >= 15 is 0 Å². The average Bonchev–Trinajstić information content (AvgIpc) is 3.27. The number of likely N-dealkylation sites (tertiary alicyclic amines) is 1. The number of hydrogen-bond donors (Lipinski definition) is 1. The van der Waals surface area contributed by atoms with Gasteiger partial charge in [-0.2, -0.15) is 0 Å². The number of nitrogens with two attached hydrogens (primary N) is 1. The molecule has 26 heavy (non-hydrogen) atoms. The van der Waals surface area contributed by atoms with Crippen LogP contribution in [-0.2, 0) is 4.79 Å². The largest absolute Gasteiger partial charge is 0.342 e. The van der Waals surface area contributed by atoms with Crippen LogP contribution in [0.15, 0.2) is 24.4 Å². The van der Waals surface area contributed by atoms with Gasteiger partial charge in [0, 0.05) is 31.1 Å². The molecule has 1 saturated heterocycles. The maximum atomic E-state index is 13.0. The number of piperidine rings is 1. The Morgan fingerprint density at radius 2 is 2.00 bits per heavy atom. The third-order valence-electron chi connectivity index (χ3n) is 5.72. The van der Waals surface area contributed by atoms with E-state index in [1.54, 1.807) is 0 Å². The lowest BCUT2D eigenvalue weighted by molar-refractivity contribution is -0.137. The highest BCUT2D eigenvalue weighted by Crippen LogP contribution is 2.34. The van der Waals surface area contributed by atoms with E-state index in [0.29, 0.717) is 18.4 Å². The molecule has 1 aliphatic heterocycles. The van der Waals surface area contributed by atoms with Gasteiger partial charge in [-0.1, -0.05) is 12.5 Å². The van der Waals surface area contributed by atoms with Crippen molar-refractivity contribution in [2.75, 3.05) is 19.6 Å². The van der Waals surface area contributed by atoms with Crippen molar-refractivity contribution >= 4 is 36.4 Å². The van der Waals surface area contributed by atoms with Crippen LogP contribution in [0.25, 0.3) is 5.65 Å². The van der Waals surface area contributed by atoms with Gasteiger partial charge in [0.05, 0.1) is 0 Å². The number of aromatic nitrogens is 3. The summed E-state index contributed by atoms with van der Waals surface area (Å²) in [5, 5.41) is 8.66. The molecule has 2 aromatic rings. The van der Waals surface area contributed by atoms with Crippen LogP contribution in [0, 0.1) is 11.8 Å². The molecule has 0 aromatic carbocycles. The van der Waals surface area contributed by atoms with E-state index in [2.05, 4.69) is 19.5 Å². The van der Waals surface area contributed by atoms with Crippen LogP contribution in [0.3, 0.4) is 0 Å². The van der Waals surface area contributed by atoms with Gasteiger partial charge in [0.25, 0.3) is 0 Å². The number of hydrogen-bond acceptors (Lipinski definition) is 4. The Hall–Kier alpha value is -1.37. The first-order valence-electron chi connectivity index (χ1n) is 9.06. The molecule has 1 amide bonds. The summed E-state index contributed by atoms with van der Waals surface area (Å²) in [6.45, 7) is 2.24. The van der Waals surface area contributed by atoms with Gasteiger partial charge in [-0.25, -0.2) is 0 Å². The van der Waals surface area contributed by atoms with Gasteiger partial charge in [-0.3, -0.25) is 9.20 Å². The SMILES string of the molecule is Cl.Cl.NC[C@H]1CCC[C@H]1C(=O)N1CCCC(c2nnc3ccccn23)C1. The van der Waals surface area contributed by atoms with Crippen molar-refractivity contribution in [2.45, 2.75) is 38.0 Å². The summed E-state index contributed by atoms with van der Waals surface area (Å²) in [4.78, 5) is 15.0. The fourth-order valence-corrected chi connectivity index (χ4v) is 4.40. The lowest BCUT2D eigenvalue weighted by Gasteiger charge is -2.34. The summed E-state index contributed by atoms with van der Waals surface area (Å²) in [6, 6.07) is 5.93. The van der Waals surface area contributed by atoms with Gasteiger partial charge >= 0.3 is 0 Å². The summed E-state index contributed by atoms with van der Waals surface area (Å²) in [5.41, 5.74) is 6.74. The van der Waals surface area contributed by atoms with E-state index in [9.17, 15) is 4.79 Å². The highest BCUT2D eigenvalue weighted by atomic mass is 35.5. The minimum Gasteiger partial charge on any atom is -0.342 e. The van der Waals surface area contributed by atoms with Crippen LogP contribution < -0.4 is 5.73 Å². The third kappa shape index (κ3) is 3.82. The Kier molecular flexibility index (Phi) is 7.26. The number of halogens is 2. The zero-order chi connectivity index (χ0) is 16.5. The lowest BCUT2D eigenvalue weighted by atomic mass is 9.91. The molecule has 2 fully saturated rings. The second kappa shape index (κ2) is 9.02. The second-order valence-electron chi connectivity index (χ2n) is 7.14. The van der Waals surface area contributed by atoms with Crippen LogP contribution in [0.1, 0.15) is 43.8 Å². The molecule has 1 aliphatic carbocycles. The number of amides is 1. The van der Waals surface area contributed by atoms with Crippen LogP contribution in [0.5, 0.6) is 0 Å². The van der Waals surface area contributed by atoms with Crippen molar-refractivity contribution in [2.24, 2.45) is 17.6 Å². The number of pyridine rings is 1. The van der Waals surface area contributed by atoms with Crippen molar-refractivity contribution in [3.63, 3.8) is 0 Å². The van der Waals surface area contributed by atoms with E-state index < -0.39 is 0 Å². The van der Waals surface area contributed by atoms with Crippen molar-refractivity contribution < 1.29 is 4.79 Å². The highest BCUT2D eigenvalue weighted by molar-refractivity contribution is 5.85. The van der Waals surface area contributed by atoms with Gasteiger partial charge in [0.1, 0.15) is 5.82 Å². The quantitative estimate of drug-likeness (QED) is 0.860. The number of fused-ring (bicyclic) bond motifs is 1. The maximum Gasteiger partial charge on any atom is 0.226 e. The minimum atomic E-state index is 0. The smallest absolute Gasteiger partial charge is 0.226 e. The maximum absolute atomic E-state index is 13.0. The van der Waals surface area contributed by atoms with Gasteiger partial charge in [0.15, 0.2) is 5.65 Å². The average molecular weight is 400 g/mol. The van der Waals surface area contributed by atoms with Gasteiger partial charge in [0.2, 0.25) is 5.91 Å². The molecule has 144 valence electrons. The normalized spacial score (nSPS) is 25.6. The summed E-state index contributed by atoms with van der Waals surface area (Å²) in [5.74, 6) is 2.04. The van der Waals surface area contributed by atoms with Crippen molar-refractivity contribution in [1.82, 2.24) is 19.5 Å². The fourth-order valence-electron chi connectivity index (χ4n) is 4.40. The first kappa shape index (κ1) is 20.9. The van der Waals surface area contributed by atoms with E-state index in [-0.39, 0.29) is 36.6 Å². The molecule has 8 heteroatoms. The predicted molar refractivity (Wildman–Crippen MR) is 106 cm³/mol. The van der Waals surface area contributed by atoms with E-state index in [0.717, 1.165) is 56.7 Å². The molecule has 1 unspecified atom stereocenters. The van der Waals surface area contributed by atoms with Crippen LogP contribution in [0.2, 0.25) is 0 Å². The summed E-state index contributed by atoms with van der Waals surface area (Å²) < 4.78 is 2.05. The predicted octanol–water partition coefficient (Wildman–Crippen LogP) is 2.65. The number of carbonyl (C=O) groups is 1. The van der Waals surface area contributed by atoms with Crippen LogP contribution in [0.4, 0.5) is 0 Å². The highest BCUT2D eigenvalue weighted by Gasteiger charge is 2.37. The second-order valence-corrected chi connectivity index (χ2v) is 7.14. The molecule has 2 N–H and O–H groups in total. The number of carbonyl (C=O) groups excluding carboxylic acids is 1. The molecule has 0 spiro atoms. The molecule has 1 saturated carbocycles. The summed E-state index contributed by atoms with van der Waals surface area (Å²) in [6.07, 6.45) is 7.31. The zero-order valence-corrected chi connectivity index (χ0v) is 16.4. The first-order valence-corrected chi connectivity index (χ1v) is 9.06. The number of nitrogens with zero attached hydrogens (tertiary/aromatic N) is 4. The Morgan fingerprint density at radius 3 is 2.81 bits per heavy atom. The molecule has 2 aliphatic rings. The molecule has 6 nitrogen and oxygen atoms in total. The molecule has 4 rings (SSSR count). The first-order chi connectivity index (χ1) is 11.8. The summed E-state index contributed by atoms with van der Waals surface area (Å²) >= 11 is 0. The molecule has 2 aromatic heterocycles. The zero-order valence-electron chi connectivity index (χ0n) is 14.8. The topological polar surface area (TPSA) is 76.5 Å². The molecular weight excluding hydrogens is 373 g/mol. The molecule has 0 radical (unpaired) electrons. The van der Waals surface area contributed by atoms with Crippen LogP contribution in [-0.4, -0.2) is 45.0 Å². The van der Waals surface area contributed by atoms with Gasteiger partial charge in [-0.15, -0.1) is 35.0 Å². The Bertz CT molecular complexity index is 737. The van der Waals surface area contributed by atoms with Crippen molar-refractivity contribution in [3.05, 3.63) is 30.2 Å². The Morgan fingerprint density at radius 1 is 1.15 bits per heavy atom. The van der Waals surface area contributed by atoms with Crippen molar-refractivity contribution in [3.8, 4) is 0 Å². The third-order valence-corrected chi connectivity index (χ3v) is 5.72. The minimum absolute atomic E-state index is 0. The lowest BCUT2D eigenvalue weighted by Crippen LogP contribution is -2.44. The number of rotatable bonds is 3. The fraction of sp³-hybridized carbons (Fsp3) is 0.611. The standard InChI is InChI=1S/C18H25N5O.2ClH/c19-11-13-5-3-7-15(13)18(24)22-9-4-6-14(12-22)17-21-20-16-8-1-2-10-23(16)17;;/h1-2,8,10,13-15H,3-7,9,11-12,19H2;2*1H/t13-,14?,15-;;/m1../s1. The molecular formula is C18H27Cl2N5O.